The highest BCUT2D eigenvalue weighted by Crippen LogP contribution is 2.35. The lowest BCUT2D eigenvalue weighted by atomic mass is 9.95. The van der Waals surface area contributed by atoms with Gasteiger partial charge in [0.25, 0.3) is 0 Å². The van der Waals surface area contributed by atoms with Crippen LogP contribution >= 0.6 is 0 Å². The van der Waals surface area contributed by atoms with Gasteiger partial charge >= 0.3 is 0 Å². The van der Waals surface area contributed by atoms with Crippen molar-refractivity contribution >= 4 is 5.91 Å². The van der Waals surface area contributed by atoms with Gasteiger partial charge in [-0.25, -0.2) is 0 Å². The van der Waals surface area contributed by atoms with Gasteiger partial charge in [0.05, 0.1) is 19.6 Å². The average molecular weight is 330 g/mol. The number of rotatable bonds is 6. The number of methoxy groups -OCH3 is 1. The molecule has 24 heavy (non-hydrogen) atoms. The molecule has 1 aromatic carbocycles. The molecule has 128 valence electrons. The molecule has 7 heteroatoms. The van der Waals surface area contributed by atoms with Crippen LogP contribution in [0.5, 0.6) is 11.5 Å². The molecule has 7 nitrogen and oxygen atoms in total. The quantitative estimate of drug-likeness (QED) is 0.870. The Morgan fingerprint density at radius 3 is 3.17 bits per heavy atom. The summed E-state index contributed by atoms with van der Waals surface area (Å²) in [5, 5.41) is 10.9. The van der Waals surface area contributed by atoms with E-state index in [4.69, 9.17) is 9.47 Å². The molecule has 1 N–H and O–H groups in total. The minimum absolute atomic E-state index is 0.0329. The van der Waals surface area contributed by atoms with Crippen LogP contribution in [0.3, 0.4) is 0 Å². The topological polar surface area (TPSA) is 78.3 Å². The highest BCUT2D eigenvalue weighted by atomic mass is 16.5. The lowest BCUT2D eigenvalue weighted by Gasteiger charge is -2.25. The van der Waals surface area contributed by atoms with Crippen molar-refractivity contribution in [3.8, 4) is 11.5 Å². The molecule has 0 saturated carbocycles. The second kappa shape index (κ2) is 7.33. The lowest BCUT2D eigenvalue weighted by Crippen LogP contribution is -2.37. The summed E-state index contributed by atoms with van der Waals surface area (Å²) in [4.78, 5) is 12.4. The Morgan fingerprint density at radius 2 is 2.38 bits per heavy atom. The smallest absolute Gasteiger partial charge is 0.227 e. The van der Waals surface area contributed by atoms with E-state index in [9.17, 15) is 4.79 Å². The molecule has 0 saturated heterocycles. The highest BCUT2D eigenvalue weighted by molar-refractivity contribution is 5.79. The molecule has 0 spiro atoms. The number of aromatic nitrogens is 3. The maximum Gasteiger partial charge on any atom is 0.227 e. The predicted molar refractivity (Wildman–Crippen MR) is 87.8 cm³/mol. The zero-order valence-electron chi connectivity index (χ0n) is 14.0. The second-order valence-corrected chi connectivity index (χ2v) is 5.82. The first kappa shape index (κ1) is 16.3. The van der Waals surface area contributed by atoms with Crippen LogP contribution in [0.15, 0.2) is 24.5 Å². The number of benzene rings is 1. The molecule has 3 rings (SSSR count). The Labute approximate surface area is 141 Å². The van der Waals surface area contributed by atoms with E-state index >= 15 is 0 Å². The van der Waals surface area contributed by atoms with Crippen LogP contribution < -0.4 is 14.8 Å². The third-order valence-electron chi connectivity index (χ3n) is 4.13. The molecule has 2 heterocycles. The molecule has 1 amide bonds. The first-order chi connectivity index (χ1) is 11.7. The van der Waals surface area contributed by atoms with Crippen LogP contribution in [0, 0.1) is 5.92 Å². The number of amides is 1. The monoisotopic (exact) mass is 330 g/mol. The van der Waals surface area contributed by atoms with E-state index in [0.29, 0.717) is 25.3 Å². The number of fused-ring (bicyclic) bond motifs is 1. The number of carbonyl (C=O) groups is 1. The van der Waals surface area contributed by atoms with Gasteiger partial charge < -0.3 is 19.4 Å². The molecule has 0 fully saturated rings. The Balaban J connectivity index is 1.61. The zero-order chi connectivity index (χ0) is 16.9. The molecular weight excluding hydrogens is 308 g/mol. The molecule has 2 aromatic rings. The van der Waals surface area contributed by atoms with Gasteiger partial charge in [-0.05, 0) is 24.5 Å². The van der Waals surface area contributed by atoms with Crippen molar-refractivity contribution in [3.05, 3.63) is 35.9 Å². The van der Waals surface area contributed by atoms with Gasteiger partial charge in [0, 0.05) is 6.54 Å². The third kappa shape index (κ3) is 3.34. The number of aryl methyl sites for hydroxylation is 1. The Bertz CT molecular complexity index is 714. The number of para-hydroxylation sites is 1. The molecule has 0 unspecified atom stereocenters. The Kier molecular flexibility index (Phi) is 4.98. The largest absolute Gasteiger partial charge is 0.493 e. The molecule has 0 aliphatic carbocycles. The van der Waals surface area contributed by atoms with Crippen LogP contribution in [0.1, 0.15) is 24.7 Å². The number of nitrogens with zero attached hydrogens (tertiary/aromatic N) is 3. The van der Waals surface area contributed by atoms with Gasteiger partial charge in [-0.2, -0.15) is 0 Å². The average Bonchev–Trinajstić information content (AvgIpc) is 3.06. The van der Waals surface area contributed by atoms with E-state index in [-0.39, 0.29) is 11.8 Å². The number of hydrogen-bond acceptors (Lipinski definition) is 5. The molecule has 0 bridgehead atoms. The first-order valence-corrected chi connectivity index (χ1v) is 8.16. The summed E-state index contributed by atoms with van der Waals surface area (Å²) in [7, 11) is 1.62. The van der Waals surface area contributed by atoms with Crippen molar-refractivity contribution in [1.82, 2.24) is 20.1 Å². The van der Waals surface area contributed by atoms with Crippen molar-refractivity contribution in [2.75, 3.05) is 13.7 Å². The van der Waals surface area contributed by atoms with E-state index in [1.54, 1.807) is 13.4 Å². The summed E-state index contributed by atoms with van der Waals surface area (Å²) < 4.78 is 13.0. The maximum absolute atomic E-state index is 12.4. The molecule has 0 radical (unpaired) electrons. The normalized spacial score (nSPS) is 16.2. The summed E-state index contributed by atoms with van der Waals surface area (Å²) in [6.45, 7) is 3.66. The molecule has 1 aliphatic heterocycles. The molecule has 1 aliphatic rings. The summed E-state index contributed by atoms with van der Waals surface area (Å²) >= 11 is 0. The van der Waals surface area contributed by atoms with Crippen molar-refractivity contribution in [2.24, 2.45) is 5.92 Å². The molecule has 1 aromatic heterocycles. The van der Waals surface area contributed by atoms with Crippen molar-refractivity contribution in [2.45, 2.75) is 32.9 Å². The second-order valence-electron chi connectivity index (χ2n) is 5.82. The minimum atomic E-state index is -0.216. The number of nitrogens with one attached hydrogen (secondary N) is 1. The van der Waals surface area contributed by atoms with E-state index in [1.807, 2.05) is 22.8 Å². The van der Waals surface area contributed by atoms with Gasteiger partial charge in [0.15, 0.2) is 17.3 Å². The van der Waals surface area contributed by atoms with Crippen LogP contribution in [0.25, 0.3) is 0 Å². The first-order valence-electron chi connectivity index (χ1n) is 8.16. The van der Waals surface area contributed by atoms with Crippen LogP contribution in [-0.4, -0.2) is 34.4 Å². The zero-order valence-corrected chi connectivity index (χ0v) is 14.0. The van der Waals surface area contributed by atoms with Crippen molar-refractivity contribution < 1.29 is 14.3 Å². The Morgan fingerprint density at radius 1 is 1.50 bits per heavy atom. The van der Waals surface area contributed by atoms with Crippen LogP contribution in [0.4, 0.5) is 0 Å². The van der Waals surface area contributed by atoms with Gasteiger partial charge in [-0.3, -0.25) is 4.79 Å². The maximum atomic E-state index is 12.4. The summed E-state index contributed by atoms with van der Waals surface area (Å²) in [6, 6.07) is 5.74. The fraction of sp³-hybridized carbons (Fsp3) is 0.471. The summed E-state index contributed by atoms with van der Waals surface area (Å²) in [6.07, 6.45) is 3.32. The van der Waals surface area contributed by atoms with E-state index in [1.165, 1.54) is 0 Å². The van der Waals surface area contributed by atoms with Gasteiger partial charge in [0.1, 0.15) is 12.9 Å². The van der Waals surface area contributed by atoms with Crippen LogP contribution in [0.2, 0.25) is 0 Å². The summed E-state index contributed by atoms with van der Waals surface area (Å²) in [5.41, 5.74) is 0.995. The molecular formula is C17H22N4O3. The lowest BCUT2D eigenvalue weighted by molar-refractivity contribution is -0.126. The van der Waals surface area contributed by atoms with E-state index in [2.05, 4.69) is 22.4 Å². The van der Waals surface area contributed by atoms with E-state index < -0.39 is 0 Å². The predicted octanol–water partition coefficient (Wildman–Crippen LogP) is 1.56. The standard InChI is InChI=1S/C17H22N4O3/c1-3-7-21-11-19-20-15(21)9-18-17(22)13-8-12-5-4-6-14(23-2)16(12)24-10-13/h4-6,11,13H,3,7-10H2,1-2H3,(H,18,22)/t13-/m0/s1. The fourth-order valence-electron chi connectivity index (χ4n) is 2.88. The van der Waals surface area contributed by atoms with E-state index in [0.717, 1.165) is 30.1 Å². The van der Waals surface area contributed by atoms with Gasteiger partial charge in [-0.15, -0.1) is 10.2 Å². The Hall–Kier alpha value is -2.57. The van der Waals surface area contributed by atoms with Crippen molar-refractivity contribution in [1.29, 1.82) is 0 Å². The van der Waals surface area contributed by atoms with Crippen molar-refractivity contribution in [3.63, 3.8) is 0 Å². The third-order valence-corrected chi connectivity index (χ3v) is 4.13. The highest BCUT2D eigenvalue weighted by Gasteiger charge is 2.27. The summed E-state index contributed by atoms with van der Waals surface area (Å²) in [5.74, 6) is 1.97. The fourth-order valence-corrected chi connectivity index (χ4v) is 2.88. The number of hydrogen-bond donors (Lipinski definition) is 1. The molecule has 1 atom stereocenters. The SMILES string of the molecule is CCCn1cnnc1CNC(=O)[C@@H]1COc2c(cccc2OC)C1. The minimum Gasteiger partial charge on any atom is -0.493 e. The van der Waals surface area contributed by atoms with Gasteiger partial charge in [-0.1, -0.05) is 19.1 Å². The number of ether oxygens (including phenoxy) is 2. The van der Waals surface area contributed by atoms with Crippen LogP contribution in [-0.2, 0) is 24.3 Å². The van der Waals surface area contributed by atoms with Gasteiger partial charge in [0.2, 0.25) is 5.91 Å². The number of carbonyl (C=O) groups excluding carboxylic acids is 1.